The Morgan fingerprint density at radius 2 is 2.00 bits per heavy atom. The molecule has 1 heterocycles. The summed E-state index contributed by atoms with van der Waals surface area (Å²) >= 11 is 1.64. The van der Waals surface area contributed by atoms with Crippen LogP contribution in [0.3, 0.4) is 0 Å². The Balaban J connectivity index is 1.98. The maximum absolute atomic E-state index is 11.6. The van der Waals surface area contributed by atoms with Crippen molar-refractivity contribution in [1.29, 1.82) is 0 Å². The second-order valence-corrected chi connectivity index (χ2v) is 7.20. The Bertz CT molecular complexity index is 637. The molecule has 0 saturated carbocycles. The first-order valence-corrected chi connectivity index (χ1v) is 8.56. The predicted octanol–water partition coefficient (Wildman–Crippen LogP) is 2.27. The number of rotatable bonds is 6. The lowest BCUT2D eigenvalue weighted by molar-refractivity contribution is 0.588. The predicted molar refractivity (Wildman–Crippen MR) is 81.7 cm³/mol. The van der Waals surface area contributed by atoms with Crippen molar-refractivity contribution in [1.82, 2.24) is 9.71 Å². The van der Waals surface area contributed by atoms with Gasteiger partial charge in [-0.1, -0.05) is 6.92 Å². The molecule has 7 heteroatoms. The van der Waals surface area contributed by atoms with Crippen LogP contribution in [0.15, 0.2) is 40.7 Å². The van der Waals surface area contributed by atoms with Crippen molar-refractivity contribution in [3.05, 3.63) is 40.8 Å². The number of anilines is 1. The Hall–Kier alpha value is -1.44. The summed E-state index contributed by atoms with van der Waals surface area (Å²) in [4.78, 5) is 4.54. The Morgan fingerprint density at radius 1 is 1.30 bits per heavy atom. The molecule has 1 unspecified atom stereocenters. The van der Waals surface area contributed by atoms with Gasteiger partial charge in [0.2, 0.25) is 10.0 Å². The van der Waals surface area contributed by atoms with E-state index in [2.05, 4.69) is 21.9 Å². The van der Waals surface area contributed by atoms with Gasteiger partial charge in [0.15, 0.2) is 0 Å². The minimum absolute atomic E-state index is 0.263. The third kappa shape index (κ3) is 3.56. The minimum Gasteiger partial charge on any atom is -0.384 e. The van der Waals surface area contributed by atoms with E-state index in [1.165, 1.54) is 7.05 Å². The van der Waals surface area contributed by atoms with E-state index in [0.29, 0.717) is 5.92 Å². The van der Waals surface area contributed by atoms with Crippen LogP contribution in [-0.2, 0) is 10.0 Å². The van der Waals surface area contributed by atoms with E-state index in [9.17, 15) is 8.42 Å². The molecule has 0 aliphatic rings. The fourth-order valence-corrected chi connectivity index (χ4v) is 3.13. The van der Waals surface area contributed by atoms with Gasteiger partial charge in [-0.2, -0.15) is 0 Å². The van der Waals surface area contributed by atoms with Gasteiger partial charge < -0.3 is 5.32 Å². The maximum Gasteiger partial charge on any atom is 0.240 e. The number of aromatic nitrogens is 1. The van der Waals surface area contributed by atoms with Gasteiger partial charge in [-0.15, -0.1) is 11.3 Å². The molecule has 2 N–H and O–H groups in total. The van der Waals surface area contributed by atoms with Crippen molar-refractivity contribution in [2.75, 3.05) is 18.9 Å². The number of benzene rings is 1. The highest BCUT2D eigenvalue weighted by Crippen LogP contribution is 2.19. The monoisotopic (exact) mass is 311 g/mol. The van der Waals surface area contributed by atoms with Crippen LogP contribution in [0.5, 0.6) is 0 Å². The first kappa shape index (κ1) is 15.0. The molecule has 0 spiro atoms. The van der Waals surface area contributed by atoms with E-state index >= 15 is 0 Å². The summed E-state index contributed by atoms with van der Waals surface area (Å²) < 4.78 is 25.5. The molecular weight excluding hydrogens is 294 g/mol. The lowest BCUT2D eigenvalue weighted by atomic mass is 10.2. The number of hydrogen-bond donors (Lipinski definition) is 2. The molecule has 2 rings (SSSR count). The molecule has 0 bridgehead atoms. The summed E-state index contributed by atoms with van der Waals surface area (Å²) in [5.41, 5.74) is 0.892. The number of thiazole rings is 1. The topological polar surface area (TPSA) is 71.1 Å². The summed E-state index contributed by atoms with van der Waals surface area (Å²) in [7, 11) is -1.97. The molecule has 5 nitrogen and oxygen atoms in total. The third-order valence-electron chi connectivity index (χ3n) is 2.92. The molecule has 0 amide bonds. The molecule has 0 aliphatic heterocycles. The van der Waals surface area contributed by atoms with E-state index in [1.807, 2.05) is 5.38 Å². The lowest BCUT2D eigenvalue weighted by Crippen LogP contribution is -2.18. The molecule has 0 fully saturated rings. The van der Waals surface area contributed by atoms with Crippen LogP contribution >= 0.6 is 11.3 Å². The average Bonchev–Trinajstić information content (AvgIpc) is 2.99. The molecule has 1 aromatic heterocycles. The summed E-state index contributed by atoms with van der Waals surface area (Å²) in [5.74, 6) is 0.315. The van der Waals surface area contributed by atoms with Crippen LogP contribution in [0.4, 0.5) is 5.69 Å². The van der Waals surface area contributed by atoms with Crippen LogP contribution in [0, 0.1) is 0 Å². The van der Waals surface area contributed by atoms with Crippen molar-refractivity contribution in [2.24, 2.45) is 0 Å². The van der Waals surface area contributed by atoms with E-state index in [1.54, 1.807) is 41.8 Å². The van der Waals surface area contributed by atoms with Gasteiger partial charge in [-0.3, -0.25) is 0 Å². The van der Waals surface area contributed by atoms with Crippen molar-refractivity contribution < 1.29 is 8.42 Å². The number of nitrogens with one attached hydrogen (secondary N) is 2. The van der Waals surface area contributed by atoms with E-state index in [0.717, 1.165) is 17.2 Å². The second-order valence-electron chi connectivity index (χ2n) is 4.38. The molecular formula is C13H17N3O2S2. The van der Waals surface area contributed by atoms with Crippen molar-refractivity contribution in [3.8, 4) is 0 Å². The van der Waals surface area contributed by atoms with E-state index in [-0.39, 0.29) is 4.90 Å². The van der Waals surface area contributed by atoms with Crippen LogP contribution in [-0.4, -0.2) is 27.0 Å². The number of sulfonamides is 1. The minimum atomic E-state index is -3.37. The number of nitrogens with zero attached hydrogens (tertiary/aromatic N) is 1. The van der Waals surface area contributed by atoms with Crippen molar-refractivity contribution >= 4 is 27.0 Å². The normalized spacial score (nSPS) is 13.1. The zero-order valence-electron chi connectivity index (χ0n) is 11.3. The summed E-state index contributed by atoms with van der Waals surface area (Å²) in [6.07, 6.45) is 1.80. The lowest BCUT2D eigenvalue weighted by Gasteiger charge is -2.11. The molecule has 0 radical (unpaired) electrons. The SMILES string of the molecule is CNS(=O)(=O)c1ccc(NCC(C)c2nccs2)cc1. The smallest absolute Gasteiger partial charge is 0.240 e. The van der Waals surface area contributed by atoms with Crippen molar-refractivity contribution in [3.63, 3.8) is 0 Å². The van der Waals surface area contributed by atoms with E-state index < -0.39 is 10.0 Å². The van der Waals surface area contributed by atoms with Crippen molar-refractivity contribution in [2.45, 2.75) is 17.7 Å². The van der Waals surface area contributed by atoms with Gasteiger partial charge in [0.1, 0.15) is 0 Å². The fourth-order valence-electron chi connectivity index (χ4n) is 1.71. The summed E-state index contributed by atoms with van der Waals surface area (Å²) in [5, 5.41) is 6.33. The zero-order chi connectivity index (χ0) is 14.6. The summed E-state index contributed by atoms with van der Waals surface area (Å²) in [6.45, 7) is 2.86. The summed E-state index contributed by atoms with van der Waals surface area (Å²) in [6, 6.07) is 6.70. The van der Waals surface area contributed by atoms with Gasteiger partial charge in [-0.05, 0) is 31.3 Å². The molecule has 0 aliphatic carbocycles. The van der Waals surface area contributed by atoms with Gasteiger partial charge in [0, 0.05) is 29.7 Å². The first-order chi connectivity index (χ1) is 9.53. The Morgan fingerprint density at radius 3 is 2.55 bits per heavy atom. The quantitative estimate of drug-likeness (QED) is 0.858. The molecule has 20 heavy (non-hydrogen) atoms. The van der Waals surface area contributed by atoms with E-state index in [4.69, 9.17) is 0 Å². The maximum atomic E-state index is 11.6. The standard InChI is InChI=1S/C13H17N3O2S2/c1-10(13-15-7-8-19-13)9-16-11-3-5-12(6-4-11)20(17,18)14-2/h3-8,10,14,16H,9H2,1-2H3. The second kappa shape index (κ2) is 6.34. The Labute approximate surface area is 123 Å². The highest BCUT2D eigenvalue weighted by Gasteiger charge is 2.11. The van der Waals surface area contributed by atoms with Gasteiger partial charge in [-0.25, -0.2) is 18.1 Å². The first-order valence-electron chi connectivity index (χ1n) is 6.20. The molecule has 108 valence electrons. The van der Waals surface area contributed by atoms with Gasteiger partial charge >= 0.3 is 0 Å². The molecule has 1 atom stereocenters. The zero-order valence-corrected chi connectivity index (χ0v) is 13.0. The third-order valence-corrected chi connectivity index (χ3v) is 5.36. The van der Waals surface area contributed by atoms with Crippen LogP contribution in [0.1, 0.15) is 17.8 Å². The van der Waals surface area contributed by atoms with Crippen LogP contribution in [0.2, 0.25) is 0 Å². The number of hydrogen-bond acceptors (Lipinski definition) is 5. The largest absolute Gasteiger partial charge is 0.384 e. The van der Waals surface area contributed by atoms with Crippen LogP contribution < -0.4 is 10.0 Å². The molecule has 2 aromatic rings. The highest BCUT2D eigenvalue weighted by atomic mass is 32.2. The Kier molecular flexibility index (Phi) is 4.74. The molecule has 1 aromatic carbocycles. The van der Waals surface area contributed by atoms with Gasteiger partial charge in [0.05, 0.1) is 9.90 Å². The van der Waals surface area contributed by atoms with Crippen LogP contribution in [0.25, 0.3) is 0 Å². The van der Waals surface area contributed by atoms with Gasteiger partial charge in [0.25, 0.3) is 0 Å². The highest BCUT2D eigenvalue weighted by molar-refractivity contribution is 7.89. The average molecular weight is 311 g/mol. The fraction of sp³-hybridized carbons (Fsp3) is 0.308. The molecule has 0 saturated heterocycles.